The van der Waals surface area contributed by atoms with Gasteiger partial charge in [0.2, 0.25) is 0 Å². The van der Waals surface area contributed by atoms with E-state index in [9.17, 15) is 4.79 Å². The second-order valence-electron chi connectivity index (χ2n) is 12.6. The molecule has 4 saturated carbocycles. The summed E-state index contributed by atoms with van der Waals surface area (Å²) in [6.07, 6.45) is 10.6. The molecular weight excluding hydrogens is 320 g/mol. The topological polar surface area (TPSA) is 26.3 Å². The van der Waals surface area contributed by atoms with Crippen LogP contribution < -0.4 is 0 Å². The van der Waals surface area contributed by atoms with E-state index in [2.05, 4.69) is 48.5 Å². The van der Waals surface area contributed by atoms with E-state index in [0.717, 1.165) is 30.6 Å². The normalized spacial score (nSPS) is 36.0. The molecule has 0 aliphatic heterocycles. The third-order valence-corrected chi connectivity index (χ3v) is 8.02. The van der Waals surface area contributed by atoms with Crippen molar-refractivity contribution in [3.63, 3.8) is 0 Å². The zero-order valence-electron chi connectivity index (χ0n) is 18.4. The van der Waals surface area contributed by atoms with E-state index in [1.165, 1.54) is 38.5 Å². The lowest BCUT2D eigenvalue weighted by molar-refractivity contribution is -0.167. The van der Waals surface area contributed by atoms with E-state index in [0.29, 0.717) is 12.0 Å². The highest BCUT2D eigenvalue weighted by Crippen LogP contribution is 2.61. The van der Waals surface area contributed by atoms with Gasteiger partial charge in [-0.25, -0.2) is 0 Å². The van der Waals surface area contributed by atoms with E-state index >= 15 is 0 Å². The van der Waals surface area contributed by atoms with Gasteiger partial charge in [0.15, 0.2) is 0 Å². The van der Waals surface area contributed by atoms with Gasteiger partial charge in [0.1, 0.15) is 0 Å². The molecule has 4 aliphatic rings. The second kappa shape index (κ2) is 6.52. The first-order valence-corrected chi connectivity index (χ1v) is 11.0. The molecule has 1 unspecified atom stereocenters. The standard InChI is InChI=1S/C24H42O2/c1-21(2,3)16-23(7,22(4,5)6)20(25)26-9-8-24-13-17-10-18(14-24)12-19(11-17)15-24/h17-19H,8-16H2,1-7H3. The molecule has 0 saturated heterocycles. The second-order valence-corrected chi connectivity index (χ2v) is 12.6. The summed E-state index contributed by atoms with van der Waals surface area (Å²) in [5, 5.41) is 0. The van der Waals surface area contributed by atoms with Gasteiger partial charge in [-0.15, -0.1) is 0 Å². The van der Waals surface area contributed by atoms with Gasteiger partial charge in [-0.05, 0) is 92.3 Å². The first-order chi connectivity index (χ1) is 11.8. The minimum atomic E-state index is -0.438. The summed E-state index contributed by atoms with van der Waals surface area (Å²) in [6.45, 7) is 15.9. The van der Waals surface area contributed by atoms with Crippen molar-refractivity contribution in [2.24, 2.45) is 39.4 Å². The number of ether oxygens (including phenoxy) is 1. The predicted molar refractivity (Wildman–Crippen MR) is 108 cm³/mol. The van der Waals surface area contributed by atoms with Gasteiger partial charge in [-0.3, -0.25) is 4.79 Å². The number of hydrogen-bond donors (Lipinski definition) is 0. The fraction of sp³-hybridized carbons (Fsp3) is 0.958. The molecule has 2 heteroatoms. The van der Waals surface area contributed by atoms with Gasteiger partial charge < -0.3 is 4.74 Å². The highest BCUT2D eigenvalue weighted by molar-refractivity contribution is 5.77. The number of carbonyl (C=O) groups is 1. The SMILES string of the molecule is CC(C)(C)CC(C)(C(=O)OCCC12CC3CC(CC(C3)C1)C2)C(C)(C)C. The molecule has 0 amide bonds. The molecule has 1 atom stereocenters. The lowest BCUT2D eigenvalue weighted by atomic mass is 9.49. The average molecular weight is 363 g/mol. The van der Waals surface area contributed by atoms with Crippen LogP contribution in [0.25, 0.3) is 0 Å². The molecule has 0 heterocycles. The molecular formula is C24H42O2. The summed E-state index contributed by atoms with van der Waals surface area (Å²) in [4.78, 5) is 13.2. The molecule has 2 nitrogen and oxygen atoms in total. The first kappa shape index (κ1) is 20.2. The molecule has 4 bridgehead atoms. The van der Waals surface area contributed by atoms with Crippen LogP contribution in [-0.2, 0) is 9.53 Å². The summed E-state index contributed by atoms with van der Waals surface area (Å²) in [5.74, 6) is 2.93. The monoisotopic (exact) mass is 362 g/mol. The highest BCUT2D eigenvalue weighted by atomic mass is 16.5. The van der Waals surface area contributed by atoms with Crippen molar-refractivity contribution in [3.8, 4) is 0 Å². The van der Waals surface area contributed by atoms with Gasteiger partial charge in [0, 0.05) is 0 Å². The zero-order valence-corrected chi connectivity index (χ0v) is 18.4. The van der Waals surface area contributed by atoms with Crippen molar-refractivity contribution in [1.29, 1.82) is 0 Å². The van der Waals surface area contributed by atoms with E-state index in [-0.39, 0.29) is 16.8 Å². The van der Waals surface area contributed by atoms with Crippen molar-refractivity contribution in [3.05, 3.63) is 0 Å². The number of esters is 1. The molecule has 0 aromatic heterocycles. The summed E-state index contributed by atoms with van der Waals surface area (Å²) in [5.41, 5.74) is 0.0724. The van der Waals surface area contributed by atoms with Crippen molar-refractivity contribution in [2.45, 2.75) is 99.8 Å². The highest BCUT2D eigenvalue weighted by Gasteiger charge is 2.51. The lowest BCUT2D eigenvalue weighted by Gasteiger charge is -2.57. The summed E-state index contributed by atoms with van der Waals surface area (Å²) >= 11 is 0. The maximum atomic E-state index is 13.2. The lowest BCUT2D eigenvalue weighted by Crippen LogP contribution is -2.47. The van der Waals surface area contributed by atoms with Gasteiger partial charge in [-0.1, -0.05) is 41.5 Å². The van der Waals surface area contributed by atoms with E-state index in [1.54, 1.807) is 0 Å². The van der Waals surface area contributed by atoms with Crippen LogP contribution in [0.15, 0.2) is 0 Å². The van der Waals surface area contributed by atoms with Crippen LogP contribution in [0.5, 0.6) is 0 Å². The molecule has 0 radical (unpaired) electrons. The van der Waals surface area contributed by atoms with Crippen LogP contribution in [0.2, 0.25) is 0 Å². The first-order valence-electron chi connectivity index (χ1n) is 11.0. The van der Waals surface area contributed by atoms with Gasteiger partial charge in [-0.2, -0.15) is 0 Å². The Morgan fingerprint density at radius 2 is 1.35 bits per heavy atom. The molecule has 4 fully saturated rings. The Morgan fingerprint density at radius 1 is 0.885 bits per heavy atom. The van der Waals surface area contributed by atoms with Crippen LogP contribution in [0.3, 0.4) is 0 Å². The Hall–Kier alpha value is -0.530. The number of hydrogen-bond acceptors (Lipinski definition) is 2. The number of rotatable bonds is 5. The summed E-state index contributed by atoms with van der Waals surface area (Å²) in [6, 6.07) is 0. The van der Waals surface area contributed by atoms with Crippen molar-refractivity contribution in [1.82, 2.24) is 0 Å². The predicted octanol–water partition coefficient (Wildman–Crippen LogP) is 6.62. The largest absolute Gasteiger partial charge is 0.465 e. The third kappa shape index (κ3) is 3.99. The van der Waals surface area contributed by atoms with E-state index < -0.39 is 5.41 Å². The Labute approximate surface area is 161 Å². The van der Waals surface area contributed by atoms with E-state index in [4.69, 9.17) is 4.74 Å². The van der Waals surface area contributed by atoms with Crippen molar-refractivity contribution in [2.75, 3.05) is 6.61 Å². The van der Waals surface area contributed by atoms with E-state index in [1.807, 2.05) is 0 Å². The van der Waals surface area contributed by atoms with Crippen molar-refractivity contribution >= 4 is 5.97 Å². The molecule has 4 rings (SSSR count). The van der Waals surface area contributed by atoms with Crippen LogP contribution in [0.1, 0.15) is 99.8 Å². The molecule has 0 aromatic carbocycles. The van der Waals surface area contributed by atoms with Crippen LogP contribution in [-0.4, -0.2) is 12.6 Å². The molecule has 0 aromatic rings. The average Bonchev–Trinajstić information content (AvgIpc) is 2.42. The molecule has 26 heavy (non-hydrogen) atoms. The third-order valence-electron chi connectivity index (χ3n) is 8.02. The quantitative estimate of drug-likeness (QED) is 0.513. The Kier molecular flexibility index (Phi) is 5.07. The van der Waals surface area contributed by atoms with Gasteiger partial charge in [0.05, 0.1) is 12.0 Å². The zero-order chi connectivity index (χ0) is 19.4. The van der Waals surface area contributed by atoms with Gasteiger partial charge >= 0.3 is 5.97 Å². The van der Waals surface area contributed by atoms with Crippen LogP contribution in [0, 0.1) is 39.4 Å². The molecule has 150 valence electrons. The smallest absolute Gasteiger partial charge is 0.312 e. The van der Waals surface area contributed by atoms with Crippen molar-refractivity contribution < 1.29 is 9.53 Å². The Balaban J connectivity index is 1.60. The van der Waals surface area contributed by atoms with Crippen LogP contribution in [0.4, 0.5) is 0 Å². The molecule has 4 aliphatic carbocycles. The summed E-state index contributed by atoms with van der Waals surface area (Å²) < 4.78 is 5.98. The number of carbonyl (C=O) groups excluding carboxylic acids is 1. The Bertz CT molecular complexity index is 498. The minimum absolute atomic E-state index is 0.0182. The maximum Gasteiger partial charge on any atom is 0.312 e. The summed E-state index contributed by atoms with van der Waals surface area (Å²) in [7, 11) is 0. The maximum absolute atomic E-state index is 13.2. The molecule has 0 N–H and O–H groups in total. The van der Waals surface area contributed by atoms with Gasteiger partial charge in [0.25, 0.3) is 0 Å². The molecule has 0 spiro atoms. The fourth-order valence-corrected chi connectivity index (χ4v) is 6.82. The van der Waals surface area contributed by atoms with Crippen LogP contribution >= 0.6 is 0 Å². The minimum Gasteiger partial charge on any atom is -0.465 e. The fourth-order valence-electron chi connectivity index (χ4n) is 6.82. The Morgan fingerprint density at radius 3 is 1.73 bits per heavy atom.